The summed E-state index contributed by atoms with van der Waals surface area (Å²) in [6, 6.07) is 5.79. The van der Waals surface area contributed by atoms with Gasteiger partial charge < -0.3 is 20.0 Å². The van der Waals surface area contributed by atoms with Crippen LogP contribution in [0.2, 0.25) is 0 Å². The summed E-state index contributed by atoms with van der Waals surface area (Å²) >= 11 is 0. The molecular weight excluding hydrogens is 234 g/mol. The summed E-state index contributed by atoms with van der Waals surface area (Å²) < 4.78 is 10.4. The predicted molar refractivity (Wildman–Crippen MR) is 64.9 cm³/mol. The van der Waals surface area contributed by atoms with E-state index in [9.17, 15) is 0 Å². The van der Waals surface area contributed by atoms with Gasteiger partial charge in [0.1, 0.15) is 5.52 Å². The number of anilines is 2. The van der Waals surface area contributed by atoms with Gasteiger partial charge in [0.2, 0.25) is 5.89 Å². The molecule has 7 nitrogen and oxygen atoms in total. The maximum atomic E-state index is 5.67. The van der Waals surface area contributed by atoms with E-state index in [1.165, 1.54) is 6.33 Å². The third kappa shape index (κ3) is 2.10. The first-order valence-electron chi connectivity index (χ1n) is 5.47. The Balaban J connectivity index is 1.67. The lowest BCUT2D eigenvalue weighted by molar-refractivity contribution is 0.379. The Morgan fingerprint density at radius 2 is 2.28 bits per heavy atom. The fraction of sp³-hybridized carbons (Fsp3) is 0.182. The van der Waals surface area contributed by atoms with Crippen molar-refractivity contribution in [3.8, 4) is 0 Å². The van der Waals surface area contributed by atoms with Crippen molar-refractivity contribution >= 4 is 22.8 Å². The molecule has 0 saturated heterocycles. The Morgan fingerprint density at radius 1 is 1.33 bits per heavy atom. The Bertz CT molecular complexity index is 647. The number of fused-ring (bicyclic) bond motifs is 1. The highest BCUT2D eigenvalue weighted by atomic mass is 16.5. The molecule has 0 amide bonds. The fourth-order valence-electron chi connectivity index (χ4n) is 1.60. The van der Waals surface area contributed by atoms with Crippen molar-refractivity contribution < 1.29 is 8.94 Å². The number of benzene rings is 1. The molecule has 0 radical (unpaired) electrons. The van der Waals surface area contributed by atoms with Gasteiger partial charge >= 0.3 is 0 Å². The molecule has 0 bridgehead atoms. The molecule has 3 rings (SSSR count). The molecule has 0 atom stereocenters. The molecule has 1 aromatic carbocycles. The van der Waals surface area contributed by atoms with Gasteiger partial charge in [-0.3, -0.25) is 0 Å². The van der Waals surface area contributed by atoms with Gasteiger partial charge in [0.25, 0.3) is 6.01 Å². The molecule has 3 aromatic rings. The summed E-state index contributed by atoms with van der Waals surface area (Å²) in [7, 11) is 0. The number of nitrogens with zero attached hydrogens (tertiary/aromatic N) is 3. The van der Waals surface area contributed by atoms with E-state index in [1.54, 1.807) is 18.2 Å². The summed E-state index contributed by atoms with van der Waals surface area (Å²) in [4.78, 5) is 8.18. The molecule has 7 heteroatoms. The maximum absolute atomic E-state index is 5.67. The number of aromatic nitrogens is 3. The lowest BCUT2D eigenvalue weighted by Crippen LogP contribution is -2.04. The maximum Gasteiger partial charge on any atom is 0.295 e. The second-order valence-electron chi connectivity index (χ2n) is 3.76. The number of oxazole rings is 1. The number of hydrogen-bond donors (Lipinski definition) is 2. The largest absolute Gasteiger partial charge is 0.424 e. The van der Waals surface area contributed by atoms with Crippen LogP contribution in [0.15, 0.2) is 33.5 Å². The van der Waals surface area contributed by atoms with Crippen LogP contribution in [0.3, 0.4) is 0 Å². The van der Waals surface area contributed by atoms with Gasteiger partial charge in [-0.15, -0.1) is 0 Å². The SMILES string of the molecule is Nc1ccc2oc(NCCc3ncno3)nc2c1. The molecule has 18 heavy (non-hydrogen) atoms. The van der Waals surface area contributed by atoms with E-state index in [2.05, 4.69) is 20.4 Å². The van der Waals surface area contributed by atoms with Gasteiger partial charge in [0, 0.05) is 18.7 Å². The molecule has 3 N–H and O–H groups in total. The van der Waals surface area contributed by atoms with Crippen molar-refractivity contribution in [3.63, 3.8) is 0 Å². The minimum absolute atomic E-state index is 0.454. The highest BCUT2D eigenvalue weighted by Gasteiger charge is 2.06. The van der Waals surface area contributed by atoms with Crippen LogP contribution in [0.5, 0.6) is 0 Å². The van der Waals surface area contributed by atoms with E-state index >= 15 is 0 Å². The average Bonchev–Trinajstić information content (AvgIpc) is 2.97. The van der Waals surface area contributed by atoms with Crippen LogP contribution in [0.25, 0.3) is 11.1 Å². The van der Waals surface area contributed by atoms with E-state index in [0.29, 0.717) is 36.1 Å². The van der Waals surface area contributed by atoms with Crippen molar-refractivity contribution in [1.82, 2.24) is 15.1 Å². The lowest BCUT2D eigenvalue weighted by Gasteiger charge is -1.96. The van der Waals surface area contributed by atoms with Crippen molar-refractivity contribution in [1.29, 1.82) is 0 Å². The van der Waals surface area contributed by atoms with E-state index in [4.69, 9.17) is 14.7 Å². The van der Waals surface area contributed by atoms with Crippen LogP contribution in [-0.4, -0.2) is 21.7 Å². The summed E-state index contributed by atoms with van der Waals surface area (Å²) in [5.74, 6) is 0.572. The molecule has 0 unspecified atom stereocenters. The third-order valence-electron chi connectivity index (χ3n) is 2.43. The summed E-state index contributed by atoms with van der Waals surface area (Å²) in [5, 5.41) is 6.57. The van der Waals surface area contributed by atoms with Crippen LogP contribution in [-0.2, 0) is 6.42 Å². The van der Waals surface area contributed by atoms with E-state index in [-0.39, 0.29) is 0 Å². The zero-order chi connectivity index (χ0) is 12.4. The number of nitrogens with one attached hydrogen (secondary N) is 1. The zero-order valence-electron chi connectivity index (χ0n) is 9.46. The van der Waals surface area contributed by atoms with E-state index in [0.717, 1.165) is 5.52 Å². The highest BCUT2D eigenvalue weighted by Crippen LogP contribution is 2.20. The number of rotatable bonds is 4. The Morgan fingerprint density at radius 3 is 3.11 bits per heavy atom. The first kappa shape index (κ1) is 10.6. The van der Waals surface area contributed by atoms with Crippen LogP contribution in [0.1, 0.15) is 5.89 Å². The molecule has 0 saturated carbocycles. The van der Waals surface area contributed by atoms with Crippen LogP contribution in [0.4, 0.5) is 11.7 Å². The summed E-state index contributed by atoms with van der Waals surface area (Å²) in [6.07, 6.45) is 1.98. The molecule has 2 heterocycles. The highest BCUT2D eigenvalue weighted by molar-refractivity contribution is 5.78. The zero-order valence-corrected chi connectivity index (χ0v) is 9.46. The van der Waals surface area contributed by atoms with Gasteiger partial charge in [-0.1, -0.05) is 5.16 Å². The van der Waals surface area contributed by atoms with Crippen molar-refractivity contribution in [2.24, 2.45) is 0 Å². The first-order valence-corrected chi connectivity index (χ1v) is 5.47. The quantitative estimate of drug-likeness (QED) is 0.670. The summed E-state index contributed by atoms with van der Waals surface area (Å²) in [6.45, 7) is 0.602. The Labute approximate surface area is 102 Å². The minimum Gasteiger partial charge on any atom is -0.424 e. The number of nitrogen functional groups attached to an aromatic ring is 1. The van der Waals surface area contributed by atoms with Crippen molar-refractivity contribution in [2.75, 3.05) is 17.6 Å². The van der Waals surface area contributed by atoms with Crippen molar-refractivity contribution in [2.45, 2.75) is 6.42 Å². The molecule has 0 fully saturated rings. The molecule has 2 aromatic heterocycles. The minimum atomic E-state index is 0.454. The number of hydrogen-bond acceptors (Lipinski definition) is 7. The van der Waals surface area contributed by atoms with Gasteiger partial charge in [0.05, 0.1) is 0 Å². The monoisotopic (exact) mass is 245 g/mol. The van der Waals surface area contributed by atoms with Crippen LogP contribution in [0, 0.1) is 0 Å². The normalized spacial score (nSPS) is 10.9. The fourth-order valence-corrected chi connectivity index (χ4v) is 1.60. The molecule has 92 valence electrons. The van der Waals surface area contributed by atoms with Crippen LogP contribution < -0.4 is 11.1 Å². The van der Waals surface area contributed by atoms with Gasteiger partial charge in [0.15, 0.2) is 11.9 Å². The Kier molecular flexibility index (Phi) is 2.56. The first-order chi connectivity index (χ1) is 8.81. The van der Waals surface area contributed by atoms with Gasteiger partial charge in [-0.25, -0.2) is 0 Å². The van der Waals surface area contributed by atoms with E-state index in [1.807, 2.05) is 0 Å². The van der Waals surface area contributed by atoms with Gasteiger partial charge in [-0.05, 0) is 18.2 Å². The van der Waals surface area contributed by atoms with E-state index < -0.39 is 0 Å². The second-order valence-corrected chi connectivity index (χ2v) is 3.76. The molecular formula is C11H11N5O2. The molecule has 0 aliphatic carbocycles. The van der Waals surface area contributed by atoms with Crippen LogP contribution >= 0.6 is 0 Å². The standard InChI is InChI=1S/C11H11N5O2/c12-7-1-2-9-8(5-7)16-11(17-9)13-4-3-10-14-6-15-18-10/h1-2,5-6H,3-4,12H2,(H,13,16). The average molecular weight is 245 g/mol. The summed E-state index contributed by atoms with van der Waals surface area (Å²) in [5.41, 5.74) is 7.76. The molecule has 0 aliphatic rings. The predicted octanol–water partition coefficient (Wildman–Crippen LogP) is 1.45. The Hall–Kier alpha value is -2.57. The molecule has 0 spiro atoms. The topological polar surface area (TPSA) is 103 Å². The van der Waals surface area contributed by atoms with Crippen molar-refractivity contribution in [3.05, 3.63) is 30.4 Å². The van der Waals surface area contributed by atoms with Gasteiger partial charge in [-0.2, -0.15) is 9.97 Å². The number of nitrogens with two attached hydrogens (primary N) is 1. The third-order valence-corrected chi connectivity index (χ3v) is 2.43. The second kappa shape index (κ2) is 4.36. The smallest absolute Gasteiger partial charge is 0.295 e. The lowest BCUT2D eigenvalue weighted by atomic mass is 10.3. The molecule has 0 aliphatic heterocycles.